The Morgan fingerprint density at radius 3 is 2.52 bits per heavy atom. The second kappa shape index (κ2) is 6.53. The molecule has 1 aromatic carbocycles. The van der Waals surface area contributed by atoms with Crippen LogP contribution < -0.4 is 11.1 Å². The van der Waals surface area contributed by atoms with Crippen LogP contribution in [0.5, 0.6) is 0 Å². The number of hydrogen-bond donors (Lipinski definition) is 2. The third kappa shape index (κ3) is 5.03. The van der Waals surface area contributed by atoms with Gasteiger partial charge in [-0.15, -0.1) is 0 Å². The standard InChI is InChI=1S/C14H21N3O4/c1-9-7-10(5-6-12(9)17(19)20)11(8-15)16-13(18)21-14(2,3)4/h5-7,11H,8,15H2,1-4H3,(H,16,18). The van der Waals surface area contributed by atoms with E-state index in [-0.39, 0.29) is 12.2 Å². The van der Waals surface area contributed by atoms with Crippen LogP contribution in [0, 0.1) is 17.0 Å². The lowest BCUT2D eigenvalue weighted by atomic mass is 10.0. The van der Waals surface area contributed by atoms with Crippen LogP contribution in [-0.2, 0) is 4.74 Å². The van der Waals surface area contributed by atoms with E-state index < -0.39 is 22.7 Å². The fraction of sp³-hybridized carbons (Fsp3) is 0.500. The van der Waals surface area contributed by atoms with E-state index >= 15 is 0 Å². The molecule has 0 saturated carbocycles. The molecule has 0 aromatic heterocycles. The van der Waals surface area contributed by atoms with Crippen LogP contribution in [0.15, 0.2) is 18.2 Å². The number of nitrogens with one attached hydrogen (secondary N) is 1. The number of benzene rings is 1. The maximum Gasteiger partial charge on any atom is 0.408 e. The van der Waals surface area contributed by atoms with Gasteiger partial charge in [0.25, 0.3) is 5.69 Å². The summed E-state index contributed by atoms with van der Waals surface area (Å²) in [5.74, 6) is 0. The summed E-state index contributed by atoms with van der Waals surface area (Å²) in [5.41, 5.74) is 6.31. The second-order valence-electron chi connectivity index (χ2n) is 5.74. The van der Waals surface area contributed by atoms with Gasteiger partial charge < -0.3 is 15.8 Å². The van der Waals surface area contributed by atoms with E-state index in [1.165, 1.54) is 6.07 Å². The highest BCUT2D eigenvalue weighted by Crippen LogP contribution is 2.22. The number of ether oxygens (including phenoxy) is 1. The summed E-state index contributed by atoms with van der Waals surface area (Å²) in [7, 11) is 0. The van der Waals surface area contributed by atoms with Crippen LogP contribution in [-0.4, -0.2) is 23.2 Å². The lowest BCUT2D eigenvalue weighted by molar-refractivity contribution is -0.385. The van der Waals surface area contributed by atoms with Gasteiger partial charge in [0.15, 0.2) is 0 Å². The first kappa shape index (κ1) is 16.9. The third-order valence-corrected chi connectivity index (χ3v) is 2.75. The summed E-state index contributed by atoms with van der Waals surface area (Å²) < 4.78 is 5.17. The van der Waals surface area contributed by atoms with Crippen molar-refractivity contribution in [2.75, 3.05) is 6.54 Å². The first-order valence-electron chi connectivity index (χ1n) is 6.58. The van der Waals surface area contributed by atoms with Gasteiger partial charge in [0.1, 0.15) is 5.60 Å². The van der Waals surface area contributed by atoms with Gasteiger partial charge in [0, 0.05) is 18.2 Å². The Morgan fingerprint density at radius 2 is 2.10 bits per heavy atom. The summed E-state index contributed by atoms with van der Waals surface area (Å²) in [6, 6.07) is 4.18. The average Bonchev–Trinajstić information content (AvgIpc) is 2.33. The molecule has 1 aromatic rings. The number of carbonyl (C=O) groups is 1. The van der Waals surface area contributed by atoms with E-state index in [4.69, 9.17) is 10.5 Å². The van der Waals surface area contributed by atoms with Crippen molar-refractivity contribution in [1.29, 1.82) is 0 Å². The predicted octanol–water partition coefficient (Wildman–Crippen LogP) is 2.43. The molecule has 1 amide bonds. The van der Waals surface area contributed by atoms with Crippen LogP contribution in [0.2, 0.25) is 0 Å². The zero-order valence-corrected chi connectivity index (χ0v) is 12.7. The number of hydrogen-bond acceptors (Lipinski definition) is 5. The van der Waals surface area contributed by atoms with Crippen molar-refractivity contribution in [3.63, 3.8) is 0 Å². The average molecular weight is 295 g/mol. The molecular formula is C14H21N3O4. The molecule has 0 bridgehead atoms. The molecular weight excluding hydrogens is 274 g/mol. The van der Waals surface area contributed by atoms with E-state index in [0.717, 1.165) is 0 Å². The van der Waals surface area contributed by atoms with E-state index in [2.05, 4.69) is 5.32 Å². The Labute approximate surface area is 123 Å². The molecule has 0 aliphatic heterocycles. The first-order chi connectivity index (χ1) is 9.64. The van der Waals surface area contributed by atoms with Crippen molar-refractivity contribution >= 4 is 11.8 Å². The van der Waals surface area contributed by atoms with E-state index in [0.29, 0.717) is 11.1 Å². The quantitative estimate of drug-likeness (QED) is 0.655. The molecule has 1 atom stereocenters. The van der Waals surface area contributed by atoms with Gasteiger partial charge in [-0.2, -0.15) is 0 Å². The lowest BCUT2D eigenvalue weighted by Gasteiger charge is -2.23. The Balaban J connectivity index is 2.88. The van der Waals surface area contributed by atoms with Gasteiger partial charge in [-0.25, -0.2) is 4.79 Å². The molecule has 0 spiro atoms. The maximum atomic E-state index is 11.8. The van der Waals surface area contributed by atoms with Crippen molar-refractivity contribution in [3.8, 4) is 0 Å². The number of rotatable bonds is 4. The highest BCUT2D eigenvalue weighted by molar-refractivity contribution is 5.68. The fourth-order valence-corrected chi connectivity index (χ4v) is 1.83. The number of alkyl carbamates (subject to hydrolysis) is 1. The number of nitro groups is 1. The molecule has 7 heteroatoms. The molecule has 21 heavy (non-hydrogen) atoms. The summed E-state index contributed by atoms with van der Waals surface area (Å²) in [4.78, 5) is 22.1. The molecule has 0 heterocycles. The minimum absolute atomic E-state index is 0.0341. The van der Waals surface area contributed by atoms with Crippen molar-refractivity contribution in [1.82, 2.24) is 5.32 Å². The number of aryl methyl sites for hydroxylation is 1. The molecule has 0 aliphatic rings. The smallest absolute Gasteiger partial charge is 0.408 e. The van der Waals surface area contributed by atoms with E-state index in [1.54, 1.807) is 39.8 Å². The zero-order valence-electron chi connectivity index (χ0n) is 12.7. The largest absolute Gasteiger partial charge is 0.444 e. The second-order valence-corrected chi connectivity index (χ2v) is 5.74. The van der Waals surface area contributed by atoms with Gasteiger partial charge in [0.2, 0.25) is 0 Å². The Kier molecular flexibility index (Phi) is 5.26. The normalized spacial score (nSPS) is 12.6. The molecule has 1 unspecified atom stereocenters. The van der Waals surface area contributed by atoms with Crippen molar-refractivity contribution < 1.29 is 14.5 Å². The number of nitrogens with zero attached hydrogens (tertiary/aromatic N) is 1. The number of nitro benzene ring substituents is 1. The molecule has 3 N–H and O–H groups in total. The van der Waals surface area contributed by atoms with Gasteiger partial charge in [-0.1, -0.05) is 6.07 Å². The Morgan fingerprint density at radius 1 is 1.48 bits per heavy atom. The predicted molar refractivity (Wildman–Crippen MR) is 79.0 cm³/mol. The molecule has 0 fully saturated rings. The van der Waals surface area contributed by atoms with Gasteiger partial charge in [-0.3, -0.25) is 10.1 Å². The van der Waals surface area contributed by atoms with Crippen LogP contribution in [0.25, 0.3) is 0 Å². The molecule has 0 saturated heterocycles. The molecule has 0 aliphatic carbocycles. The summed E-state index contributed by atoms with van der Waals surface area (Å²) in [6.45, 7) is 7.10. The van der Waals surface area contributed by atoms with Gasteiger partial charge >= 0.3 is 6.09 Å². The van der Waals surface area contributed by atoms with Gasteiger partial charge in [0.05, 0.1) is 11.0 Å². The summed E-state index contributed by atoms with van der Waals surface area (Å²) in [6.07, 6.45) is -0.575. The van der Waals surface area contributed by atoms with Crippen molar-refractivity contribution in [2.45, 2.75) is 39.3 Å². The van der Waals surface area contributed by atoms with Crippen molar-refractivity contribution in [2.24, 2.45) is 5.73 Å². The highest BCUT2D eigenvalue weighted by Gasteiger charge is 2.21. The molecule has 116 valence electrons. The van der Waals surface area contributed by atoms with Crippen LogP contribution in [0.3, 0.4) is 0 Å². The maximum absolute atomic E-state index is 11.8. The number of nitrogens with two attached hydrogens (primary N) is 1. The molecule has 1 rings (SSSR count). The van der Waals surface area contributed by atoms with E-state index in [9.17, 15) is 14.9 Å². The number of amides is 1. The summed E-state index contributed by atoms with van der Waals surface area (Å²) in [5, 5.41) is 13.5. The van der Waals surface area contributed by atoms with Crippen molar-refractivity contribution in [3.05, 3.63) is 39.4 Å². The van der Waals surface area contributed by atoms with Crippen LogP contribution in [0.4, 0.5) is 10.5 Å². The summed E-state index contributed by atoms with van der Waals surface area (Å²) >= 11 is 0. The number of carbonyl (C=O) groups excluding carboxylic acids is 1. The Hall–Kier alpha value is -2.15. The highest BCUT2D eigenvalue weighted by atomic mass is 16.6. The zero-order chi connectivity index (χ0) is 16.2. The topological polar surface area (TPSA) is 107 Å². The van der Waals surface area contributed by atoms with E-state index in [1.807, 2.05) is 0 Å². The lowest BCUT2D eigenvalue weighted by Crippen LogP contribution is -2.37. The minimum Gasteiger partial charge on any atom is -0.444 e. The molecule has 7 nitrogen and oxygen atoms in total. The van der Waals surface area contributed by atoms with Crippen LogP contribution in [0.1, 0.15) is 37.9 Å². The third-order valence-electron chi connectivity index (χ3n) is 2.75. The molecule has 0 radical (unpaired) electrons. The van der Waals surface area contributed by atoms with Crippen LogP contribution >= 0.6 is 0 Å². The monoisotopic (exact) mass is 295 g/mol. The SMILES string of the molecule is Cc1cc(C(CN)NC(=O)OC(C)(C)C)ccc1[N+](=O)[O-]. The first-order valence-corrected chi connectivity index (χ1v) is 6.58. The fourth-order valence-electron chi connectivity index (χ4n) is 1.83. The Bertz CT molecular complexity index is 538. The minimum atomic E-state index is -0.603. The van der Waals surface area contributed by atoms with Gasteiger partial charge in [-0.05, 0) is 39.3 Å².